The third-order valence-electron chi connectivity index (χ3n) is 4.96. The van der Waals surface area contributed by atoms with Crippen LogP contribution in [0.3, 0.4) is 0 Å². The maximum atomic E-state index is 15.1. The largest absolute Gasteiger partial charge is 0.444 e. The number of hydrogen-bond donors (Lipinski definition) is 1. The number of ether oxygens (including phenoxy) is 1. The molecule has 3 aromatic carbocycles. The van der Waals surface area contributed by atoms with Crippen LogP contribution in [0.25, 0.3) is 22.3 Å². The van der Waals surface area contributed by atoms with Crippen molar-refractivity contribution in [1.82, 2.24) is 9.97 Å². The molecule has 0 bridgehead atoms. The minimum Gasteiger partial charge on any atom is -0.444 e. The SMILES string of the molecule is CC(C)(C)OC(=O)Nc1cc(F)c(F)c(C(=O)c2ccc3ncc(-c4ccc(Cl)cc4)nc3c2)c1F. The Morgan fingerprint density at radius 1 is 0.944 bits per heavy atom. The van der Waals surface area contributed by atoms with Crippen molar-refractivity contribution in [1.29, 1.82) is 0 Å². The molecule has 0 aliphatic heterocycles. The highest BCUT2D eigenvalue weighted by molar-refractivity contribution is 6.30. The van der Waals surface area contributed by atoms with Crippen LogP contribution in [0.15, 0.2) is 54.7 Å². The highest BCUT2D eigenvalue weighted by Gasteiger charge is 2.27. The summed E-state index contributed by atoms with van der Waals surface area (Å²) >= 11 is 5.92. The summed E-state index contributed by atoms with van der Waals surface area (Å²) in [4.78, 5) is 33.9. The van der Waals surface area contributed by atoms with Crippen molar-refractivity contribution in [3.8, 4) is 11.3 Å². The highest BCUT2D eigenvalue weighted by Crippen LogP contribution is 2.28. The van der Waals surface area contributed by atoms with Gasteiger partial charge in [-0.1, -0.05) is 23.7 Å². The molecule has 0 fully saturated rings. The Labute approximate surface area is 209 Å². The number of fused-ring (bicyclic) bond motifs is 1. The van der Waals surface area contributed by atoms with E-state index in [-0.39, 0.29) is 11.1 Å². The summed E-state index contributed by atoms with van der Waals surface area (Å²) in [6, 6.07) is 11.3. The van der Waals surface area contributed by atoms with Crippen molar-refractivity contribution in [3.63, 3.8) is 0 Å². The Balaban J connectivity index is 1.72. The number of carbonyl (C=O) groups excluding carboxylic acids is 2. The molecule has 0 spiro atoms. The monoisotopic (exact) mass is 513 g/mol. The molecule has 36 heavy (non-hydrogen) atoms. The van der Waals surface area contributed by atoms with E-state index in [2.05, 4.69) is 9.97 Å². The van der Waals surface area contributed by atoms with Gasteiger partial charge in [-0.15, -0.1) is 0 Å². The van der Waals surface area contributed by atoms with Crippen LogP contribution in [-0.2, 0) is 4.74 Å². The number of ketones is 1. The summed E-state index contributed by atoms with van der Waals surface area (Å²) < 4.78 is 49.0. The minimum atomic E-state index is -1.69. The van der Waals surface area contributed by atoms with Gasteiger partial charge in [0, 0.05) is 22.2 Å². The first-order valence-electron chi connectivity index (χ1n) is 10.7. The van der Waals surface area contributed by atoms with Gasteiger partial charge in [0.15, 0.2) is 23.2 Å². The molecular weight excluding hydrogens is 495 g/mol. The van der Waals surface area contributed by atoms with Gasteiger partial charge in [-0.3, -0.25) is 15.1 Å². The summed E-state index contributed by atoms with van der Waals surface area (Å²) in [6.45, 7) is 4.72. The number of hydrogen-bond acceptors (Lipinski definition) is 5. The van der Waals surface area contributed by atoms with Crippen molar-refractivity contribution in [2.45, 2.75) is 26.4 Å². The van der Waals surface area contributed by atoms with Crippen molar-refractivity contribution >= 4 is 40.2 Å². The first-order chi connectivity index (χ1) is 16.9. The lowest BCUT2D eigenvalue weighted by molar-refractivity contribution is 0.0634. The van der Waals surface area contributed by atoms with Crippen LogP contribution in [0, 0.1) is 17.5 Å². The molecule has 0 radical (unpaired) electrons. The van der Waals surface area contributed by atoms with Crippen LogP contribution in [0.4, 0.5) is 23.7 Å². The topological polar surface area (TPSA) is 81.2 Å². The lowest BCUT2D eigenvalue weighted by Crippen LogP contribution is -2.28. The van der Waals surface area contributed by atoms with E-state index >= 15 is 4.39 Å². The molecule has 6 nitrogen and oxygen atoms in total. The molecule has 10 heteroatoms. The van der Waals surface area contributed by atoms with Crippen molar-refractivity contribution in [2.24, 2.45) is 0 Å². The lowest BCUT2D eigenvalue weighted by atomic mass is 10.0. The molecule has 4 rings (SSSR count). The van der Waals surface area contributed by atoms with Gasteiger partial charge in [0.25, 0.3) is 0 Å². The standard InChI is InChI=1S/C26H19ClF3N3O3/c1-26(2,3)36-25(35)33-19-11-16(28)22(29)21(23(19)30)24(34)14-6-9-17-18(10-14)32-20(12-31-17)13-4-7-15(27)8-5-13/h4-12H,1-3H3,(H,33,35). The van der Waals surface area contributed by atoms with Crippen LogP contribution < -0.4 is 5.32 Å². The van der Waals surface area contributed by atoms with E-state index in [1.54, 1.807) is 45.0 Å². The number of halogens is 4. The van der Waals surface area contributed by atoms with E-state index in [1.807, 2.05) is 5.32 Å². The predicted octanol–water partition coefficient (Wildman–Crippen LogP) is 6.95. The van der Waals surface area contributed by atoms with E-state index in [4.69, 9.17) is 16.3 Å². The molecule has 1 heterocycles. The molecule has 0 aliphatic rings. The van der Waals surface area contributed by atoms with Crippen molar-refractivity contribution in [3.05, 3.63) is 88.3 Å². The summed E-state index contributed by atoms with van der Waals surface area (Å²) in [5, 5.41) is 2.56. The lowest BCUT2D eigenvalue weighted by Gasteiger charge is -2.20. The second-order valence-electron chi connectivity index (χ2n) is 8.83. The Bertz CT molecular complexity index is 1500. The third-order valence-corrected chi connectivity index (χ3v) is 5.22. The summed E-state index contributed by atoms with van der Waals surface area (Å²) in [7, 11) is 0. The summed E-state index contributed by atoms with van der Waals surface area (Å²) in [6.07, 6.45) is 0.439. The van der Waals surface area contributed by atoms with Crippen LogP contribution in [0.1, 0.15) is 36.7 Å². The number of benzene rings is 3. The number of nitrogens with one attached hydrogen (secondary N) is 1. The fraction of sp³-hybridized carbons (Fsp3) is 0.154. The second kappa shape index (κ2) is 9.58. The second-order valence-corrected chi connectivity index (χ2v) is 9.27. The Hall–Kier alpha value is -3.98. The maximum Gasteiger partial charge on any atom is 0.412 e. The van der Waals surface area contributed by atoms with Crippen LogP contribution in [0.5, 0.6) is 0 Å². The molecule has 1 aromatic heterocycles. The summed E-state index contributed by atoms with van der Waals surface area (Å²) in [5.74, 6) is -5.78. The Kier molecular flexibility index (Phi) is 6.69. The molecule has 0 saturated heterocycles. The van der Waals surface area contributed by atoms with E-state index in [0.717, 1.165) is 0 Å². The van der Waals surface area contributed by atoms with E-state index in [1.165, 1.54) is 24.4 Å². The molecule has 1 N–H and O–H groups in total. The van der Waals surface area contributed by atoms with Gasteiger partial charge in [-0.05, 0) is 51.1 Å². The Morgan fingerprint density at radius 2 is 1.64 bits per heavy atom. The van der Waals surface area contributed by atoms with Gasteiger partial charge in [0.05, 0.1) is 34.2 Å². The zero-order valence-electron chi connectivity index (χ0n) is 19.3. The number of rotatable bonds is 4. The predicted molar refractivity (Wildman–Crippen MR) is 130 cm³/mol. The first-order valence-corrected chi connectivity index (χ1v) is 11.1. The minimum absolute atomic E-state index is 0.156. The fourth-order valence-electron chi connectivity index (χ4n) is 3.36. The van der Waals surface area contributed by atoms with Crippen molar-refractivity contribution in [2.75, 3.05) is 5.32 Å². The number of amides is 1. The van der Waals surface area contributed by atoms with Crippen LogP contribution in [-0.4, -0.2) is 27.4 Å². The molecule has 184 valence electrons. The van der Waals surface area contributed by atoms with E-state index in [0.29, 0.717) is 27.9 Å². The normalized spacial score (nSPS) is 11.4. The summed E-state index contributed by atoms with van der Waals surface area (Å²) in [5.41, 5.74) is -1.08. The van der Waals surface area contributed by atoms with Crippen LogP contribution in [0.2, 0.25) is 5.02 Å². The van der Waals surface area contributed by atoms with Gasteiger partial charge in [0.2, 0.25) is 0 Å². The molecule has 0 atom stereocenters. The molecular formula is C26H19ClF3N3O3. The van der Waals surface area contributed by atoms with Gasteiger partial charge in [-0.2, -0.15) is 0 Å². The zero-order chi connectivity index (χ0) is 26.2. The number of aromatic nitrogens is 2. The average Bonchev–Trinajstić information content (AvgIpc) is 2.81. The number of nitrogens with zero attached hydrogens (tertiary/aromatic N) is 2. The van der Waals surface area contributed by atoms with Gasteiger partial charge in [-0.25, -0.2) is 22.9 Å². The number of carbonyl (C=O) groups is 2. The van der Waals surface area contributed by atoms with Gasteiger partial charge in [0.1, 0.15) is 5.60 Å². The Morgan fingerprint density at radius 3 is 2.31 bits per heavy atom. The van der Waals surface area contributed by atoms with E-state index < -0.39 is 46.2 Å². The smallest absolute Gasteiger partial charge is 0.412 e. The number of anilines is 1. The average molecular weight is 514 g/mol. The van der Waals surface area contributed by atoms with Crippen LogP contribution >= 0.6 is 11.6 Å². The van der Waals surface area contributed by atoms with Gasteiger partial charge < -0.3 is 4.74 Å². The van der Waals surface area contributed by atoms with E-state index in [9.17, 15) is 18.4 Å². The quantitative estimate of drug-likeness (QED) is 0.236. The first kappa shape index (κ1) is 25.1. The van der Waals surface area contributed by atoms with Crippen molar-refractivity contribution < 1.29 is 27.5 Å². The molecule has 0 unspecified atom stereocenters. The van der Waals surface area contributed by atoms with Gasteiger partial charge >= 0.3 is 6.09 Å². The maximum absolute atomic E-state index is 15.1. The fourth-order valence-corrected chi connectivity index (χ4v) is 3.49. The highest BCUT2D eigenvalue weighted by atomic mass is 35.5. The molecule has 4 aromatic rings. The molecule has 0 saturated carbocycles. The molecule has 0 aliphatic carbocycles. The molecule has 1 amide bonds. The third kappa shape index (κ3) is 5.31. The zero-order valence-corrected chi connectivity index (χ0v) is 20.1.